The van der Waals surface area contributed by atoms with Crippen molar-refractivity contribution in [3.05, 3.63) is 48.0 Å². The number of anilines is 1. The maximum atomic E-state index is 13.6. The Bertz CT molecular complexity index is 1270. The second kappa shape index (κ2) is 7.83. The van der Waals surface area contributed by atoms with Crippen LogP contribution in [0.1, 0.15) is 18.9 Å². The number of oxime groups is 1. The average Bonchev–Trinajstić information content (AvgIpc) is 3.59. The van der Waals surface area contributed by atoms with Gasteiger partial charge in [-0.15, -0.1) is 0 Å². The highest BCUT2D eigenvalue weighted by atomic mass is 16.6. The maximum Gasteiger partial charge on any atom is 0.308 e. The lowest BCUT2D eigenvalue weighted by molar-refractivity contribution is -0.132. The van der Waals surface area contributed by atoms with Crippen LogP contribution in [0.2, 0.25) is 0 Å². The molecule has 4 aliphatic rings. The minimum absolute atomic E-state index is 0.0511. The molecule has 6 atom stereocenters. The summed E-state index contributed by atoms with van der Waals surface area (Å²) in [7, 11) is 3.18. The molecule has 6 rings (SSSR count). The van der Waals surface area contributed by atoms with Gasteiger partial charge in [0.05, 0.1) is 37.5 Å². The van der Waals surface area contributed by atoms with E-state index in [2.05, 4.69) is 5.16 Å². The monoisotopic (exact) mass is 476 g/mol. The van der Waals surface area contributed by atoms with Gasteiger partial charge in [0.15, 0.2) is 0 Å². The fourth-order valence-corrected chi connectivity index (χ4v) is 6.44. The van der Waals surface area contributed by atoms with Gasteiger partial charge < -0.3 is 19.0 Å². The van der Waals surface area contributed by atoms with E-state index in [0.717, 1.165) is 17.7 Å². The van der Waals surface area contributed by atoms with E-state index in [1.165, 1.54) is 11.8 Å². The average molecular weight is 476 g/mol. The van der Waals surface area contributed by atoms with Crippen molar-refractivity contribution in [2.75, 3.05) is 19.1 Å². The van der Waals surface area contributed by atoms with Crippen LogP contribution in [0.15, 0.2) is 47.6 Å². The molecule has 180 valence electrons. The van der Waals surface area contributed by atoms with Crippen LogP contribution in [0.25, 0.3) is 0 Å². The van der Waals surface area contributed by atoms with Crippen LogP contribution in [0.4, 0.5) is 5.69 Å². The van der Waals surface area contributed by atoms with Crippen LogP contribution in [0.3, 0.4) is 0 Å². The molecule has 0 radical (unpaired) electrons. The predicted octanol–water partition coefficient (Wildman–Crippen LogP) is 2.80. The van der Waals surface area contributed by atoms with Crippen LogP contribution in [-0.4, -0.2) is 43.8 Å². The molecule has 0 unspecified atom stereocenters. The number of hydrogen-bond donors (Lipinski definition) is 0. The van der Waals surface area contributed by atoms with E-state index in [9.17, 15) is 14.4 Å². The largest absolute Gasteiger partial charge is 0.497 e. The van der Waals surface area contributed by atoms with E-state index in [1.54, 1.807) is 44.6 Å². The van der Waals surface area contributed by atoms with Gasteiger partial charge >= 0.3 is 5.97 Å². The number of imide groups is 1. The van der Waals surface area contributed by atoms with Crippen LogP contribution in [0.5, 0.6) is 17.2 Å². The number of carbonyl (C=O) groups excluding carboxylic acids is 3. The Labute approximate surface area is 201 Å². The second-order valence-corrected chi connectivity index (χ2v) is 9.35. The minimum atomic E-state index is -0.435. The predicted molar refractivity (Wildman–Crippen MR) is 123 cm³/mol. The van der Waals surface area contributed by atoms with E-state index >= 15 is 0 Å². The highest BCUT2D eigenvalue weighted by Crippen LogP contribution is 2.62. The molecule has 0 aromatic heterocycles. The smallest absolute Gasteiger partial charge is 0.308 e. The van der Waals surface area contributed by atoms with Gasteiger partial charge in [0.1, 0.15) is 23.4 Å². The first-order chi connectivity index (χ1) is 16.9. The number of rotatable bonds is 5. The fourth-order valence-electron chi connectivity index (χ4n) is 6.44. The molecule has 2 aliphatic carbocycles. The first kappa shape index (κ1) is 21.6. The minimum Gasteiger partial charge on any atom is -0.497 e. The molecule has 9 nitrogen and oxygen atoms in total. The van der Waals surface area contributed by atoms with Crippen molar-refractivity contribution in [3.63, 3.8) is 0 Å². The lowest BCUT2D eigenvalue weighted by Crippen LogP contribution is -2.41. The molecule has 0 N–H and O–H groups in total. The molecule has 2 aromatic rings. The summed E-state index contributed by atoms with van der Waals surface area (Å²) in [5, 5.41) is 4.40. The summed E-state index contributed by atoms with van der Waals surface area (Å²) in [6.45, 7) is 1.32. The zero-order chi connectivity index (χ0) is 24.4. The van der Waals surface area contributed by atoms with Crippen molar-refractivity contribution >= 4 is 29.2 Å². The molecule has 3 fully saturated rings. The first-order valence-electron chi connectivity index (χ1n) is 11.5. The molecular formula is C26H24N2O7. The van der Waals surface area contributed by atoms with Gasteiger partial charge in [-0.25, -0.2) is 0 Å². The van der Waals surface area contributed by atoms with Crippen LogP contribution < -0.4 is 19.1 Å². The molecular weight excluding hydrogens is 452 g/mol. The summed E-state index contributed by atoms with van der Waals surface area (Å²) in [5.41, 5.74) is 2.03. The molecule has 2 bridgehead atoms. The summed E-state index contributed by atoms with van der Waals surface area (Å²) in [6, 6.07) is 12.0. The standard InChI is InChI=1S/C26H24N2O7/c1-12(29)34-14-6-4-13(5-7-14)28-25(30)20-17-11-18(21(20)26(28)31)24-22(17)23(27-35-24)16-9-8-15(32-2)10-19(16)33-3/h4-10,17-18,20-22,24H,11H2,1-3H3/t17-,18-,20+,21-,22-,24+/m0/s1. The summed E-state index contributed by atoms with van der Waals surface area (Å²) in [5.74, 6) is -0.251. The SMILES string of the molecule is COc1ccc(C2=NO[C@@H]3[C@H]4C[C@H]([C@@H]23)[C@H]2C(=O)N(c3ccc(OC(C)=O)cc3)C(=O)[C@@H]42)c(OC)c1. The third kappa shape index (κ3) is 3.07. The van der Waals surface area contributed by atoms with Gasteiger partial charge in [0.2, 0.25) is 11.8 Å². The van der Waals surface area contributed by atoms with E-state index in [1.807, 2.05) is 12.1 Å². The van der Waals surface area contributed by atoms with Gasteiger partial charge in [0.25, 0.3) is 0 Å². The van der Waals surface area contributed by atoms with Crippen molar-refractivity contribution < 1.29 is 33.4 Å². The van der Waals surface area contributed by atoms with Crippen molar-refractivity contribution in [2.24, 2.45) is 34.7 Å². The van der Waals surface area contributed by atoms with Gasteiger partial charge in [-0.1, -0.05) is 5.16 Å². The number of esters is 1. The van der Waals surface area contributed by atoms with Gasteiger partial charge in [-0.3, -0.25) is 19.3 Å². The number of nitrogens with zero attached hydrogens (tertiary/aromatic N) is 2. The topological polar surface area (TPSA) is 104 Å². The van der Waals surface area contributed by atoms with E-state index in [-0.39, 0.29) is 35.7 Å². The zero-order valence-corrected chi connectivity index (χ0v) is 19.5. The lowest BCUT2D eigenvalue weighted by atomic mass is 9.71. The lowest BCUT2D eigenvalue weighted by Gasteiger charge is -2.30. The molecule has 2 aliphatic heterocycles. The fraction of sp³-hybridized carbons (Fsp3) is 0.385. The summed E-state index contributed by atoms with van der Waals surface area (Å²) in [4.78, 5) is 45.4. The Morgan fingerprint density at radius 2 is 1.63 bits per heavy atom. The summed E-state index contributed by atoms with van der Waals surface area (Å²) < 4.78 is 16.0. The Morgan fingerprint density at radius 1 is 0.943 bits per heavy atom. The molecule has 1 saturated heterocycles. The molecule has 2 heterocycles. The van der Waals surface area contributed by atoms with E-state index < -0.39 is 17.8 Å². The van der Waals surface area contributed by atoms with E-state index in [4.69, 9.17) is 19.0 Å². The molecule has 2 aromatic carbocycles. The number of benzene rings is 2. The molecule has 2 amide bonds. The normalized spacial score (nSPS) is 30.0. The van der Waals surface area contributed by atoms with Crippen molar-refractivity contribution in [1.82, 2.24) is 0 Å². The second-order valence-electron chi connectivity index (χ2n) is 9.35. The summed E-state index contributed by atoms with van der Waals surface area (Å²) >= 11 is 0. The number of ether oxygens (including phenoxy) is 3. The highest BCUT2D eigenvalue weighted by molar-refractivity contribution is 6.23. The Balaban J connectivity index is 1.30. The van der Waals surface area contributed by atoms with Crippen molar-refractivity contribution in [2.45, 2.75) is 19.4 Å². The molecule has 35 heavy (non-hydrogen) atoms. The third-order valence-corrected chi connectivity index (χ3v) is 7.73. The van der Waals surface area contributed by atoms with Crippen molar-refractivity contribution in [1.29, 1.82) is 0 Å². The van der Waals surface area contributed by atoms with Gasteiger partial charge in [0, 0.05) is 30.4 Å². The van der Waals surface area contributed by atoms with Crippen molar-refractivity contribution in [3.8, 4) is 17.2 Å². The zero-order valence-electron chi connectivity index (χ0n) is 19.5. The number of amides is 2. The Hall–Kier alpha value is -3.88. The number of carbonyl (C=O) groups is 3. The Morgan fingerprint density at radius 3 is 2.29 bits per heavy atom. The quantitative estimate of drug-likeness (QED) is 0.371. The van der Waals surface area contributed by atoms with Gasteiger partial charge in [-0.2, -0.15) is 0 Å². The third-order valence-electron chi connectivity index (χ3n) is 7.73. The molecule has 2 saturated carbocycles. The Kier molecular flexibility index (Phi) is 4.84. The van der Waals surface area contributed by atoms with Crippen LogP contribution in [0, 0.1) is 29.6 Å². The maximum absolute atomic E-state index is 13.6. The van der Waals surface area contributed by atoms with Gasteiger partial charge in [-0.05, 0) is 48.7 Å². The number of methoxy groups -OCH3 is 2. The highest BCUT2D eigenvalue weighted by Gasteiger charge is 2.70. The van der Waals surface area contributed by atoms with Crippen LogP contribution in [-0.2, 0) is 19.2 Å². The van der Waals surface area contributed by atoms with E-state index in [0.29, 0.717) is 22.9 Å². The molecule has 0 spiro atoms. The summed E-state index contributed by atoms with van der Waals surface area (Å²) in [6.07, 6.45) is 0.505. The first-order valence-corrected chi connectivity index (χ1v) is 11.5. The van der Waals surface area contributed by atoms with Crippen LogP contribution >= 0.6 is 0 Å². The number of fused-ring (bicyclic) bond motifs is 8. The number of hydrogen-bond acceptors (Lipinski definition) is 8. The molecule has 9 heteroatoms.